The summed E-state index contributed by atoms with van der Waals surface area (Å²) in [4.78, 5) is 4.35. The molecule has 0 bridgehead atoms. The molecule has 0 saturated carbocycles. The molecular weight excluding hydrogens is 306 g/mol. The van der Waals surface area contributed by atoms with E-state index in [0.29, 0.717) is 6.61 Å². The SMILES string of the molecule is COCC(C)n1ccnc1NCc1ccccc1Br. The Labute approximate surface area is 121 Å². The molecule has 0 radical (unpaired) electrons. The van der Waals surface area contributed by atoms with Gasteiger partial charge in [-0.25, -0.2) is 4.98 Å². The van der Waals surface area contributed by atoms with Crippen molar-refractivity contribution in [2.45, 2.75) is 19.5 Å². The van der Waals surface area contributed by atoms with Gasteiger partial charge in [0.25, 0.3) is 0 Å². The summed E-state index contributed by atoms with van der Waals surface area (Å²) in [5.41, 5.74) is 1.21. The van der Waals surface area contributed by atoms with Gasteiger partial charge in [0.15, 0.2) is 0 Å². The fraction of sp³-hybridized carbons (Fsp3) is 0.357. The van der Waals surface area contributed by atoms with Crippen LogP contribution >= 0.6 is 15.9 Å². The van der Waals surface area contributed by atoms with Crippen LogP contribution < -0.4 is 5.32 Å². The minimum absolute atomic E-state index is 0.259. The molecule has 0 spiro atoms. The number of imidazole rings is 1. The molecule has 5 heteroatoms. The highest BCUT2D eigenvalue weighted by molar-refractivity contribution is 9.10. The number of hydrogen-bond acceptors (Lipinski definition) is 3. The van der Waals surface area contributed by atoms with Gasteiger partial charge in [-0.1, -0.05) is 34.1 Å². The van der Waals surface area contributed by atoms with Gasteiger partial charge < -0.3 is 14.6 Å². The normalized spacial score (nSPS) is 12.4. The number of aromatic nitrogens is 2. The van der Waals surface area contributed by atoms with E-state index in [1.807, 2.05) is 24.4 Å². The fourth-order valence-corrected chi connectivity index (χ4v) is 2.37. The van der Waals surface area contributed by atoms with Crippen molar-refractivity contribution >= 4 is 21.9 Å². The maximum atomic E-state index is 5.18. The largest absolute Gasteiger partial charge is 0.383 e. The molecule has 0 aliphatic heterocycles. The number of nitrogens with one attached hydrogen (secondary N) is 1. The van der Waals surface area contributed by atoms with Crippen LogP contribution in [-0.4, -0.2) is 23.3 Å². The average molecular weight is 324 g/mol. The van der Waals surface area contributed by atoms with Crippen molar-refractivity contribution in [2.75, 3.05) is 19.0 Å². The molecule has 1 aromatic carbocycles. The molecule has 1 unspecified atom stereocenters. The second-order valence-corrected chi connectivity index (χ2v) is 5.26. The molecule has 2 rings (SSSR count). The molecule has 0 fully saturated rings. The zero-order valence-electron chi connectivity index (χ0n) is 11.1. The Morgan fingerprint density at radius 1 is 1.42 bits per heavy atom. The van der Waals surface area contributed by atoms with E-state index in [1.54, 1.807) is 13.3 Å². The standard InChI is InChI=1S/C14H18BrN3O/c1-11(10-19-2)18-8-7-16-14(18)17-9-12-5-3-4-6-13(12)15/h3-8,11H,9-10H2,1-2H3,(H,16,17). The molecule has 1 N–H and O–H groups in total. The monoisotopic (exact) mass is 323 g/mol. The third kappa shape index (κ3) is 3.58. The second kappa shape index (κ2) is 6.73. The number of hydrogen-bond donors (Lipinski definition) is 1. The minimum atomic E-state index is 0.259. The second-order valence-electron chi connectivity index (χ2n) is 4.41. The van der Waals surface area contributed by atoms with Crippen molar-refractivity contribution < 1.29 is 4.74 Å². The number of halogens is 1. The molecule has 0 aliphatic carbocycles. The number of benzene rings is 1. The number of anilines is 1. The topological polar surface area (TPSA) is 39.1 Å². The average Bonchev–Trinajstić information content (AvgIpc) is 2.86. The van der Waals surface area contributed by atoms with Crippen molar-refractivity contribution in [1.82, 2.24) is 9.55 Å². The van der Waals surface area contributed by atoms with E-state index < -0.39 is 0 Å². The lowest BCUT2D eigenvalue weighted by Crippen LogP contribution is -2.14. The van der Waals surface area contributed by atoms with Crippen LogP contribution in [0.4, 0.5) is 5.95 Å². The minimum Gasteiger partial charge on any atom is -0.383 e. The molecule has 0 aliphatic rings. The molecular formula is C14H18BrN3O. The first-order valence-electron chi connectivity index (χ1n) is 6.21. The van der Waals surface area contributed by atoms with Crippen LogP contribution in [-0.2, 0) is 11.3 Å². The molecule has 0 saturated heterocycles. The highest BCUT2D eigenvalue weighted by Gasteiger charge is 2.09. The summed E-state index contributed by atoms with van der Waals surface area (Å²) < 4.78 is 8.37. The number of ether oxygens (including phenoxy) is 1. The maximum Gasteiger partial charge on any atom is 0.203 e. The van der Waals surface area contributed by atoms with Crippen LogP contribution in [0.15, 0.2) is 41.1 Å². The Morgan fingerprint density at radius 3 is 2.95 bits per heavy atom. The lowest BCUT2D eigenvalue weighted by atomic mass is 10.2. The van der Waals surface area contributed by atoms with Gasteiger partial charge in [-0.05, 0) is 18.6 Å². The first kappa shape index (κ1) is 14.1. The number of nitrogens with zero attached hydrogens (tertiary/aromatic N) is 2. The fourth-order valence-electron chi connectivity index (χ4n) is 1.94. The highest BCUT2D eigenvalue weighted by Crippen LogP contribution is 2.18. The quantitative estimate of drug-likeness (QED) is 0.884. The predicted molar refractivity (Wildman–Crippen MR) is 80.3 cm³/mol. The van der Waals surface area contributed by atoms with Crippen LogP contribution in [0, 0.1) is 0 Å². The molecule has 102 valence electrons. The first-order chi connectivity index (χ1) is 9.22. The third-order valence-corrected chi connectivity index (χ3v) is 3.72. The van der Waals surface area contributed by atoms with Crippen LogP contribution in [0.1, 0.15) is 18.5 Å². The number of methoxy groups -OCH3 is 1. The van der Waals surface area contributed by atoms with Gasteiger partial charge >= 0.3 is 0 Å². The lowest BCUT2D eigenvalue weighted by molar-refractivity contribution is 0.163. The van der Waals surface area contributed by atoms with Gasteiger partial charge in [0.1, 0.15) is 0 Å². The summed E-state index contributed by atoms with van der Waals surface area (Å²) in [5, 5.41) is 3.36. The number of rotatable bonds is 6. The maximum absolute atomic E-state index is 5.18. The zero-order valence-corrected chi connectivity index (χ0v) is 12.7. The Hall–Kier alpha value is -1.33. The predicted octanol–water partition coefficient (Wildman–Crippen LogP) is 3.47. The molecule has 19 heavy (non-hydrogen) atoms. The molecule has 4 nitrogen and oxygen atoms in total. The van der Waals surface area contributed by atoms with Gasteiger partial charge in [-0.15, -0.1) is 0 Å². The van der Waals surface area contributed by atoms with Crippen molar-refractivity contribution in [3.05, 3.63) is 46.7 Å². The summed E-state index contributed by atoms with van der Waals surface area (Å²) >= 11 is 3.55. The molecule has 1 heterocycles. The Morgan fingerprint density at radius 2 is 2.21 bits per heavy atom. The van der Waals surface area contributed by atoms with Crippen molar-refractivity contribution in [1.29, 1.82) is 0 Å². The van der Waals surface area contributed by atoms with Gasteiger partial charge in [-0.2, -0.15) is 0 Å². The molecule has 1 atom stereocenters. The van der Waals surface area contributed by atoms with Crippen molar-refractivity contribution in [2.24, 2.45) is 0 Å². The Balaban J connectivity index is 2.04. The zero-order chi connectivity index (χ0) is 13.7. The lowest BCUT2D eigenvalue weighted by Gasteiger charge is -2.16. The van der Waals surface area contributed by atoms with Gasteiger partial charge in [-0.3, -0.25) is 0 Å². The summed E-state index contributed by atoms with van der Waals surface area (Å²) in [6.07, 6.45) is 3.76. The third-order valence-electron chi connectivity index (χ3n) is 2.95. The Bertz CT molecular complexity index is 527. The van der Waals surface area contributed by atoms with Crippen LogP contribution in [0.5, 0.6) is 0 Å². The van der Waals surface area contributed by atoms with Crippen LogP contribution in [0.2, 0.25) is 0 Å². The van der Waals surface area contributed by atoms with E-state index in [0.717, 1.165) is 17.0 Å². The van der Waals surface area contributed by atoms with Gasteiger partial charge in [0.05, 0.1) is 12.6 Å². The summed E-state index contributed by atoms with van der Waals surface area (Å²) in [6.45, 7) is 3.51. The van der Waals surface area contributed by atoms with Crippen LogP contribution in [0.3, 0.4) is 0 Å². The van der Waals surface area contributed by atoms with E-state index in [4.69, 9.17) is 4.74 Å². The van der Waals surface area contributed by atoms with Gasteiger partial charge in [0.2, 0.25) is 5.95 Å². The van der Waals surface area contributed by atoms with E-state index in [9.17, 15) is 0 Å². The van der Waals surface area contributed by atoms with Crippen molar-refractivity contribution in [3.63, 3.8) is 0 Å². The Kier molecular flexibility index (Phi) is 4.99. The smallest absolute Gasteiger partial charge is 0.203 e. The first-order valence-corrected chi connectivity index (χ1v) is 7.00. The van der Waals surface area contributed by atoms with E-state index >= 15 is 0 Å². The van der Waals surface area contributed by atoms with Gasteiger partial charge in [0, 0.05) is 30.5 Å². The summed E-state index contributed by atoms with van der Waals surface area (Å²) in [5.74, 6) is 0.861. The van der Waals surface area contributed by atoms with E-state index in [-0.39, 0.29) is 6.04 Å². The summed E-state index contributed by atoms with van der Waals surface area (Å²) in [7, 11) is 1.71. The van der Waals surface area contributed by atoms with E-state index in [2.05, 4.69) is 43.8 Å². The van der Waals surface area contributed by atoms with Crippen LogP contribution in [0.25, 0.3) is 0 Å². The van der Waals surface area contributed by atoms with E-state index in [1.165, 1.54) is 5.56 Å². The molecule has 0 amide bonds. The van der Waals surface area contributed by atoms with Crippen molar-refractivity contribution in [3.8, 4) is 0 Å². The highest BCUT2D eigenvalue weighted by atomic mass is 79.9. The molecule has 2 aromatic rings. The molecule has 1 aromatic heterocycles. The summed E-state index contributed by atoms with van der Waals surface area (Å²) in [6, 6.07) is 8.42.